The number of hydrogen-bond donors (Lipinski definition) is 1. The fourth-order valence-electron chi connectivity index (χ4n) is 3.84. The molecular weight excluding hydrogens is 324 g/mol. The van der Waals surface area contributed by atoms with Crippen molar-refractivity contribution in [1.29, 1.82) is 0 Å². The highest BCUT2D eigenvalue weighted by Gasteiger charge is 2.41. The first-order valence-corrected chi connectivity index (χ1v) is 9.41. The summed E-state index contributed by atoms with van der Waals surface area (Å²) in [7, 11) is 1.64. The lowest BCUT2D eigenvalue weighted by atomic mass is 9.73. The predicted molar refractivity (Wildman–Crippen MR) is 106 cm³/mol. The van der Waals surface area contributed by atoms with E-state index < -0.39 is 5.41 Å². The summed E-state index contributed by atoms with van der Waals surface area (Å²) in [6.07, 6.45) is 2.74. The van der Waals surface area contributed by atoms with E-state index in [0.29, 0.717) is 0 Å². The molecule has 0 aromatic heterocycles. The molecule has 1 amide bonds. The fraction of sp³-hybridized carbons (Fsp3) is 0.409. The summed E-state index contributed by atoms with van der Waals surface area (Å²) in [6.45, 7) is 5.22. The zero-order chi connectivity index (χ0) is 18.4. The van der Waals surface area contributed by atoms with Crippen molar-refractivity contribution in [2.45, 2.75) is 31.6 Å². The molecule has 2 aromatic carbocycles. The summed E-state index contributed by atoms with van der Waals surface area (Å²) in [5.41, 5.74) is 1.44. The molecule has 4 heteroatoms. The van der Waals surface area contributed by atoms with Crippen LogP contribution in [0.2, 0.25) is 0 Å². The molecule has 0 radical (unpaired) electrons. The third-order valence-electron chi connectivity index (χ3n) is 5.49. The molecule has 0 bridgehead atoms. The van der Waals surface area contributed by atoms with Gasteiger partial charge in [-0.25, -0.2) is 0 Å². The number of benzene rings is 2. The molecule has 1 saturated heterocycles. The lowest BCUT2D eigenvalue weighted by Crippen LogP contribution is -2.41. The van der Waals surface area contributed by atoms with E-state index in [1.165, 1.54) is 0 Å². The second kappa shape index (κ2) is 8.37. The first kappa shape index (κ1) is 18.5. The summed E-state index contributed by atoms with van der Waals surface area (Å²) in [4.78, 5) is 15.9. The molecule has 1 heterocycles. The molecular formula is C22H28N2O2. The Balaban J connectivity index is 1.88. The number of ether oxygens (including phenoxy) is 1. The van der Waals surface area contributed by atoms with Crippen molar-refractivity contribution < 1.29 is 9.53 Å². The first-order valence-electron chi connectivity index (χ1n) is 9.41. The zero-order valence-electron chi connectivity index (χ0n) is 15.7. The van der Waals surface area contributed by atoms with E-state index in [1.807, 2.05) is 42.5 Å². The van der Waals surface area contributed by atoms with Gasteiger partial charge in [-0.1, -0.05) is 37.3 Å². The molecule has 1 aliphatic heterocycles. The second-order valence-electron chi connectivity index (χ2n) is 6.92. The van der Waals surface area contributed by atoms with Crippen LogP contribution in [0.5, 0.6) is 5.75 Å². The second-order valence-corrected chi connectivity index (χ2v) is 6.92. The van der Waals surface area contributed by atoms with E-state index in [9.17, 15) is 4.79 Å². The number of anilines is 1. The van der Waals surface area contributed by atoms with E-state index in [0.717, 1.165) is 55.9 Å². The van der Waals surface area contributed by atoms with Gasteiger partial charge in [-0.15, -0.1) is 0 Å². The van der Waals surface area contributed by atoms with Crippen molar-refractivity contribution in [2.75, 3.05) is 32.1 Å². The number of rotatable bonds is 5. The van der Waals surface area contributed by atoms with Crippen LogP contribution in [0.1, 0.15) is 31.7 Å². The van der Waals surface area contributed by atoms with Gasteiger partial charge in [-0.05, 0) is 68.7 Å². The Morgan fingerprint density at radius 1 is 1.08 bits per heavy atom. The average molecular weight is 352 g/mol. The number of amides is 1. The van der Waals surface area contributed by atoms with Gasteiger partial charge in [0.25, 0.3) is 0 Å². The Hall–Kier alpha value is -2.33. The van der Waals surface area contributed by atoms with Gasteiger partial charge in [0.2, 0.25) is 5.91 Å². The Bertz CT molecular complexity index is 715. The van der Waals surface area contributed by atoms with Crippen LogP contribution in [0.3, 0.4) is 0 Å². The quantitative estimate of drug-likeness (QED) is 0.882. The van der Waals surface area contributed by atoms with E-state index in [1.54, 1.807) is 7.11 Å². The minimum absolute atomic E-state index is 0.0896. The summed E-state index contributed by atoms with van der Waals surface area (Å²) >= 11 is 0. The van der Waals surface area contributed by atoms with Crippen LogP contribution in [0.4, 0.5) is 5.69 Å². The third kappa shape index (κ3) is 3.91. The standard InChI is InChI=1S/C22H28N2O2/c1-3-24-16-7-14-22(15-17-24,18-8-5-4-6-9-18)21(25)23-19-10-12-20(26-2)13-11-19/h4-6,8-13H,3,7,14-17H2,1-2H3,(H,23,25)/t22-/m1/s1. The van der Waals surface area contributed by atoms with Crippen LogP contribution in [0, 0.1) is 0 Å². The Morgan fingerprint density at radius 2 is 1.81 bits per heavy atom. The largest absolute Gasteiger partial charge is 0.497 e. The van der Waals surface area contributed by atoms with Gasteiger partial charge in [0, 0.05) is 5.69 Å². The van der Waals surface area contributed by atoms with Crippen LogP contribution in [0.15, 0.2) is 54.6 Å². The van der Waals surface area contributed by atoms with E-state index in [2.05, 4.69) is 29.3 Å². The highest BCUT2D eigenvalue weighted by Crippen LogP contribution is 2.37. The van der Waals surface area contributed by atoms with E-state index in [-0.39, 0.29) is 5.91 Å². The molecule has 1 aliphatic rings. The molecule has 26 heavy (non-hydrogen) atoms. The molecule has 0 saturated carbocycles. The molecule has 0 aliphatic carbocycles. The number of methoxy groups -OCH3 is 1. The van der Waals surface area contributed by atoms with Gasteiger partial charge in [0.05, 0.1) is 12.5 Å². The van der Waals surface area contributed by atoms with Crippen molar-refractivity contribution in [3.8, 4) is 5.75 Å². The van der Waals surface area contributed by atoms with Crippen LogP contribution < -0.4 is 10.1 Å². The number of hydrogen-bond acceptors (Lipinski definition) is 3. The van der Waals surface area contributed by atoms with Gasteiger partial charge < -0.3 is 15.0 Å². The maximum absolute atomic E-state index is 13.4. The smallest absolute Gasteiger partial charge is 0.235 e. The Kier molecular flexibility index (Phi) is 5.94. The minimum Gasteiger partial charge on any atom is -0.497 e. The van der Waals surface area contributed by atoms with Gasteiger partial charge in [-0.2, -0.15) is 0 Å². The highest BCUT2D eigenvalue weighted by atomic mass is 16.5. The summed E-state index contributed by atoms with van der Waals surface area (Å²) in [5, 5.41) is 3.15. The normalized spacial score (nSPS) is 21.0. The Morgan fingerprint density at radius 3 is 2.46 bits per heavy atom. The first-order chi connectivity index (χ1) is 12.7. The number of nitrogens with zero attached hydrogens (tertiary/aromatic N) is 1. The third-order valence-corrected chi connectivity index (χ3v) is 5.49. The van der Waals surface area contributed by atoms with Crippen molar-refractivity contribution >= 4 is 11.6 Å². The molecule has 0 spiro atoms. The average Bonchev–Trinajstić information content (AvgIpc) is 2.93. The number of carbonyl (C=O) groups is 1. The Labute approximate surface area is 156 Å². The van der Waals surface area contributed by atoms with Crippen LogP contribution in [-0.4, -0.2) is 37.6 Å². The zero-order valence-corrected chi connectivity index (χ0v) is 15.7. The highest BCUT2D eigenvalue weighted by molar-refractivity contribution is 5.99. The summed E-state index contributed by atoms with van der Waals surface area (Å²) < 4.78 is 5.20. The molecule has 1 atom stereocenters. The van der Waals surface area contributed by atoms with Gasteiger partial charge >= 0.3 is 0 Å². The van der Waals surface area contributed by atoms with E-state index in [4.69, 9.17) is 4.74 Å². The van der Waals surface area contributed by atoms with Crippen molar-refractivity contribution in [2.24, 2.45) is 0 Å². The van der Waals surface area contributed by atoms with Crippen LogP contribution in [-0.2, 0) is 10.2 Å². The van der Waals surface area contributed by atoms with Crippen molar-refractivity contribution in [3.05, 3.63) is 60.2 Å². The van der Waals surface area contributed by atoms with Gasteiger partial charge in [0.15, 0.2) is 0 Å². The molecule has 1 N–H and O–H groups in total. The predicted octanol–water partition coefficient (Wildman–Crippen LogP) is 4.08. The maximum atomic E-state index is 13.4. The number of nitrogens with one attached hydrogen (secondary N) is 1. The maximum Gasteiger partial charge on any atom is 0.235 e. The molecule has 4 nitrogen and oxygen atoms in total. The number of likely N-dealkylation sites (tertiary alicyclic amines) is 1. The number of carbonyl (C=O) groups excluding carboxylic acids is 1. The molecule has 1 fully saturated rings. The molecule has 138 valence electrons. The molecule has 3 rings (SSSR count). The van der Waals surface area contributed by atoms with E-state index >= 15 is 0 Å². The van der Waals surface area contributed by atoms with Crippen molar-refractivity contribution in [3.63, 3.8) is 0 Å². The van der Waals surface area contributed by atoms with Gasteiger partial charge in [-0.3, -0.25) is 4.79 Å². The van der Waals surface area contributed by atoms with Crippen LogP contribution >= 0.6 is 0 Å². The fourth-order valence-corrected chi connectivity index (χ4v) is 3.84. The van der Waals surface area contributed by atoms with Crippen LogP contribution in [0.25, 0.3) is 0 Å². The topological polar surface area (TPSA) is 41.6 Å². The SMILES string of the molecule is CCN1CCC[C@](C(=O)Nc2ccc(OC)cc2)(c2ccccc2)CC1. The monoisotopic (exact) mass is 352 g/mol. The molecule has 2 aromatic rings. The van der Waals surface area contributed by atoms with Crippen molar-refractivity contribution in [1.82, 2.24) is 4.90 Å². The summed E-state index contributed by atoms with van der Waals surface area (Å²) in [5.74, 6) is 0.876. The molecule has 0 unspecified atom stereocenters. The lowest BCUT2D eigenvalue weighted by Gasteiger charge is -2.32. The van der Waals surface area contributed by atoms with Gasteiger partial charge in [0.1, 0.15) is 5.75 Å². The lowest BCUT2D eigenvalue weighted by molar-refractivity contribution is -0.122. The minimum atomic E-state index is -0.481. The summed E-state index contributed by atoms with van der Waals surface area (Å²) in [6, 6.07) is 17.8.